The fourth-order valence-corrected chi connectivity index (χ4v) is 5.53. The number of anilines is 1. The Labute approximate surface area is 208 Å². The predicted octanol–water partition coefficient (Wildman–Crippen LogP) is 5.33. The summed E-state index contributed by atoms with van der Waals surface area (Å²) in [5.41, 5.74) is 6.38. The van der Waals surface area contributed by atoms with E-state index < -0.39 is 0 Å². The monoisotopic (exact) mass is 478 g/mol. The van der Waals surface area contributed by atoms with Crippen LogP contribution in [0.5, 0.6) is 0 Å². The van der Waals surface area contributed by atoms with Gasteiger partial charge in [0.15, 0.2) is 0 Å². The number of carbonyl (C=O) groups excluding carboxylic acids is 1. The molecule has 0 radical (unpaired) electrons. The number of urea groups is 1. The van der Waals surface area contributed by atoms with Gasteiger partial charge in [0, 0.05) is 56.5 Å². The van der Waals surface area contributed by atoms with E-state index in [1.54, 1.807) is 0 Å². The van der Waals surface area contributed by atoms with Gasteiger partial charge in [-0.25, -0.2) is 4.79 Å². The molecule has 2 saturated heterocycles. The van der Waals surface area contributed by atoms with E-state index in [0.717, 1.165) is 82.2 Å². The minimum atomic E-state index is 0.0108. The number of aryl methyl sites for hydroxylation is 1. The first kappa shape index (κ1) is 23.4. The van der Waals surface area contributed by atoms with Crippen LogP contribution in [0.25, 0.3) is 6.08 Å². The molecule has 1 aliphatic carbocycles. The molecule has 5 rings (SSSR count). The molecule has 3 aliphatic rings. The van der Waals surface area contributed by atoms with Gasteiger partial charge >= 0.3 is 6.03 Å². The van der Waals surface area contributed by atoms with Gasteiger partial charge in [-0.15, -0.1) is 0 Å². The molecular formula is C28H35ClN4O. The van der Waals surface area contributed by atoms with Crippen molar-refractivity contribution in [1.82, 2.24) is 14.7 Å². The standard InChI is InChI=1S/C28H35ClN4O/c1-31-14-16-32(17-15-31)20-21-2-3-25-19-27(9-6-24(25)18-21)30-28(34)33-12-10-23(11-13-33)22-4-7-26(29)8-5-22/h4-9,18-19,23H,2-3,10-17,20H2,1H3,(H,30,34). The zero-order valence-electron chi connectivity index (χ0n) is 20.1. The normalized spacial score (nSPS) is 20.1. The molecule has 0 saturated carbocycles. The highest BCUT2D eigenvalue weighted by molar-refractivity contribution is 6.30. The molecule has 0 aromatic heterocycles. The van der Waals surface area contributed by atoms with Gasteiger partial charge in [0.25, 0.3) is 0 Å². The number of carbonyl (C=O) groups is 1. The van der Waals surface area contributed by atoms with E-state index in [1.807, 2.05) is 23.1 Å². The minimum absolute atomic E-state index is 0.0108. The molecule has 0 bridgehead atoms. The third-order valence-corrected chi connectivity index (χ3v) is 7.87. The number of amides is 2. The van der Waals surface area contributed by atoms with E-state index in [4.69, 9.17) is 11.6 Å². The van der Waals surface area contributed by atoms with Crippen LogP contribution >= 0.6 is 11.6 Å². The first-order valence-electron chi connectivity index (χ1n) is 12.6. The van der Waals surface area contributed by atoms with Crippen LogP contribution in [0.1, 0.15) is 41.9 Å². The number of hydrogen-bond acceptors (Lipinski definition) is 3. The van der Waals surface area contributed by atoms with Crippen molar-refractivity contribution in [3.63, 3.8) is 0 Å². The highest BCUT2D eigenvalue weighted by Gasteiger charge is 2.24. The van der Waals surface area contributed by atoms with Crippen molar-refractivity contribution in [2.24, 2.45) is 0 Å². The lowest BCUT2D eigenvalue weighted by atomic mass is 9.89. The molecule has 180 valence electrons. The first-order chi connectivity index (χ1) is 16.5. The lowest BCUT2D eigenvalue weighted by Crippen LogP contribution is -2.45. The SMILES string of the molecule is CN1CCN(CC2=Cc3ccc(NC(=O)N4CCC(c5ccc(Cl)cc5)CC4)cc3CC2)CC1. The van der Waals surface area contributed by atoms with E-state index in [1.165, 1.54) is 22.3 Å². The Bertz CT molecular complexity index is 1030. The summed E-state index contributed by atoms with van der Waals surface area (Å²) in [6.07, 6.45) is 6.49. The molecule has 6 heteroatoms. The van der Waals surface area contributed by atoms with Crippen molar-refractivity contribution >= 4 is 29.4 Å². The van der Waals surface area contributed by atoms with Crippen LogP contribution in [0.2, 0.25) is 5.02 Å². The van der Waals surface area contributed by atoms with Crippen molar-refractivity contribution < 1.29 is 4.79 Å². The fourth-order valence-electron chi connectivity index (χ4n) is 5.40. The Kier molecular flexibility index (Phi) is 7.23. The van der Waals surface area contributed by atoms with Gasteiger partial charge in [0.1, 0.15) is 0 Å². The molecule has 1 N–H and O–H groups in total. The van der Waals surface area contributed by atoms with Crippen molar-refractivity contribution in [3.8, 4) is 0 Å². The second-order valence-electron chi connectivity index (χ2n) is 10.0. The Hall–Kier alpha value is -2.34. The van der Waals surface area contributed by atoms with E-state index in [-0.39, 0.29) is 6.03 Å². The summed E-state index contributed by atoms with van der Waals surface area (Å²) in [6, 6.07) is 14.5. The highest BCUT2D eigenvalue weighted by Crippen LogP contribution is 2.30. The predicted molar refractivity (Wildman–Crippen MR) is 141 cm³/mol. The number of fused-ring (bicyclic) bond motifs is 1. The summed E-state index contributed by atoms with van der Waals surface area (Å²) in [7, 11) is 2.20. The van der Waals surface area contributed by atoms with Crippen LogP contribution in [-0.2, 0) is 6.42 Å². The number of likely N-dealkylation sites (tertiary alicyclic amines) is 1. The second kappa shape index (κ2) is 10.5. The smallest absolute Gasteiger partial charge is 0.321 e. The topological polar surface area (TPSA) is 38.8 Å². The number of piperidine rings is 1. The van der Waals surface area contributed by atoms with Gasteiger partial charge in [-0.2, -0.15) is 0 Å². The quantitative estimate of drug-likeness (QED) is 0.645. The summed E-state index contributed by atoms with van der Waals surface area (Å²) >= 11 is 6.02. The zero-order valence-corrected chi connectivity index (χ0v) is 20.9. The number of likely N-dealkylation sites (N-methyl/N-ethyl adjacent to an activating group) is 1. The van der Waals surface area contributed by atoms with E-state index >= 15 is 0 Å². The number of piperazine rings is 1. The summed E-state index contributed by atoms with van der Waals surface area (Å²) in [6.45, 7) is 7.27. The number of halogens is 1. The molecule has 2 fully saturated rings. The van der Waals surface area contributed by atoms with E-state index in [2.05, 4.69) is 52.5 Å². The number of benzene rings is 2. The van der Waals surface area contributed by atoms with Gasteiger partial charge in [-0.1, -0.05) is 41.4 Å². The molecule has 0 unspecified atom stereocenters. The maximum Gasteiger partial charge on any atom is 0.321 e. The molecule has 2 aromatic carbocycles. The number of rotatable bonds is 4. The fraction of sp³-hybridized carbons (Fsp3) is 0.464. The van der Waals surface area contributed by atoms with Gasteiger partial charge in [0.05, 0.1) is 0 Å². The molecule has 0 atom stereocenters. The lowest BCUT2D eigenvalue weighted by molar-refractivity contribution is 0.163. The average Bonchev–Trinajstić information content (AvgIpc) is 2.86. The van der Waals surface area contributed by atoms with Gasteiger partial charge in [-0.05, 0) is 79.6 Å². The second-order valence-corrected chi connectivity index (χ2v) is 10.5. The zero-order chi connectivity index (χ0) is 23.5. The van der Waals surface area contributed by atoms with Crippen LogP contribution in [0, 0.1) is 0 Å². The number of nitrogens with zero attached hydrogens (tertiary/aromatic N) is 3. The summed E-state index contributed by atoms with van der Waals surface area (Å²) in [5, 5.41) is 3.91. The van der Waals surface area contributed by atoms with E-state index in [9.17, 15) is 4.79 Å². The van der Waals surface area contributed by atoms with E-state index in [0.29, 0.717) is 5.92 Å². The lowest BCUT2D eigenvalue weighted by Gasteiger charge is -2.33. The average molecular weight is 479 g/mol. The molecule has 2 aromatic rings. The number of nitrogens with one attached hydrogen (secondary N) is 1. The molecule has 34 heavy (non-hydrogen) atoms. The van der Waals surface area contributed by atoms with Crippen LogP contribution in [0.3, 0.4) is 0 Å². The number of hydrogen-bond donors (Lipinski definition) is 1. The molecule has 2 aliphatic heterocycles. The summed E-state index contributed by atoms with van der Waals surface area (Å²) in [5.74, 6) is 0.497. The third-order valence-electron chi connectivity index (χ3n) is 7.62. The molecule has 5 nitrogen and oxygen atoms in total. The van der Waals surface area contributed by atoms with Crippen LogP contribution in [0.15, 0.2) is 48.0 Å². The highest BCUT2D eigenvalue weighted by atomic mass is 35.5. The van der Waals surface area contributed by atoms with Crippen LogP contribution in [0.4, 0.5) is 10.5 Å². The van der Waals surface area contributed by atoms with Gasteiger partial charge in [0.2, 0.25) is 0 Å². The Morgan fingerprint density at radius 3 is 2.44 bits per heavy atom. The summed E-state index contributed by atoms with van der Waals surface area (Å²) in [4.78, 5) is 19.8. The van der Waals surface area contributed by atoms with Gasteiger partial charge < -0.3 is 15.1 Å². The maximum absolute atomic E-state index is 12.9. The molecule has 2 heterocycles. The largest absolute Gasteiger partial charge is 0.324 e. The Morgan fingerprint density at radius 2 is 1.71 bits per heavy atom. The summed E-state index contributed by atoms with van der Waals surface area (Å²) < 4.78 is 0. The molecule has 2 amide bonds. The molecule has 0 spiro atoms. The Balaban J connectivity index is 1.14. The maximum atomic E-state index is 12.9. The minimum Gasteiger partial charge on any atom is -0.324 e. The first-order valence-corrected chi connectivity index (χ1v) is 13.0. The van der Waals surface area contributed by atoms with Gasteiger partial charge in [-0.3, -0.25) is 4.90 Å². The molecular weight excluding hydrogens is 444 g/mol. The third kappa shape index (κ3) is 5.65. The Morgan fingerprint density at radius 1 is 0.971 bits per heavy atom. The van der Waals surface area contributed by atoms with Crippen LogP contribution < -0.4 is 5.32 Å². The van der Waals surface area contributed by atoms with Crippen molar-refractivity contribution in [3.05, 3.63) is 69.8 Å². The van der Waals surface area contributed by atoms with Crippen molar-refractivity contribution in [2.75, 3.05) is 58.2 Å². The van der Waals surface area contributed by atoms with Crippen molar-refractivity contribution in [2.45, 2.75) is 31.6 Å². The van der Waals surface area contributed by atoms with Crippen molar-refractivity contribution in [1.29, 1.82) is 0 Å². The van der Waals surface area contributed by atoms with Crippen LogP contribution in [-0.4, -0.2) is 73.6 Å².